The number of nitrogens with zero attached hydrogens (tertiary/aromatic N) is 3. The second-order valence-electron chi connectivity index (χ2n) is 3.15. The van der Waals surface area contributed by atoms with E-state index in [2.05, 4.69) is 20.2 Å². The Labute approximate surface area is 102 Å². The van der Waals surface area contributed by atoms with Gasteiger partial charge in [0.1, 0.15) is 6.33 Å². The van der Waals surface area contributed by atoms with Crippen molar-refractivity contribution in [3.63, 3.8) is 0 Å². The lowest BCUT2D eigenvalue weighted by molar-refractivity contribution is 0.0494. The van der Waals surface area contributed by atoms with Crippen LogP contribution in [0.3, 0.4) is 0 Å². The fourth-order valence-electron chi connectivity index (χ4n) is 1.21. The van der Waals surface area contributed by atoms with Gasteiger partial charge in [-0.2, -0.15) is 5.10 Å². The first-order valence-corrected chi connectivity index (χ1v) is 5.27. The zero-order valence-electron chi connectivity index (χ0n) is 8.76. The molecule has 1 N–H and O–H groups in total. The van der Waals surface area contributed by atoms with Gasteiger partial charge in [-0.3, -0.25) is 10.1 Å². The van der Waals surface area contributed by atoms with Crippen molar-refractivity contribution in [1.29, 1.82) is 0 Å². The minimum Gasteiger partial charge on any atom is -0.459 e. The van der Waals surface area contributed by atoms with Gasteiger partial charge < -0.3 is 4.74 Å². The lowest BCUT2D eigenvalue weighted by Gasteiger charge is -2.03. The van der Waals surface area contributed by atoms with Gasteiger partial charge in [-0.1, -0.05) is 11.6 Å². The molecule has 0 spiro atoms. The summed E-state index contributed by atoms with van der Waals surface area (Å²) in [6.07, 6.45) is 3.34. The van der Waals surface area contributed by atoms with Crippen LogP contribution in [-0.4, -0.2) is 32.7 Å². The normalized spacial score (nSPS) is 10.2. The van der Waals surface area contributed by atoms with E-state index in [-0.39, 0.29) is 12.4 Å². The average molecular weight is 253 g/mol. The molecule has 88 valence electrons. The molecule has 0 saturated carbocycles. The number of halogens is 1. The molecule has 0 radical (unpaired) electrons. The standard InChI is InChI=1S/C10H9ClN4O2/c11-7-2-1-4-12-8(7)3-5-17-10(16)9-13-6-14-15-9/h1-2,4,6H,3,5H2,(H,13,14,15). The molecule has 0 unspecified atom stereocenters. The van der Waals surface area contributed by atoms with Crippen molar-refractivity contribution in [2.45, 2.75) is 6.42 Å². The van der Waals surface area contributed by atoms with Crippen LogP contribution in [0.2, 0.25) is 5.02 Å². The monoisotopic (exact) mass is 252 g/mol. The van der Waals surface area contributed by atoms with Gasteiger partial charge >= 0.3 is 5.97 Å². The molecule has 0 saturated heterocycles. The molecule has 2 aromatic heterocycles. The van der Waals surface area contributed by atoms with Crippen LogP contribution in [0.1, 0.15) is 16.3 Å². The Bertz CT molecular complexity index is 501. The SMILES string of the molecule is O=C(OCCc1ncccc1Cl)c1ncn[nH]1. The summed E-state index contributed by atoms with van der Waals surface area (Å²) in [7, 11) is 0. The summed E-state index contributed by atoms with van der Waals surface area (Å²) < 4.78 is 4.97. The fraction of sp³-hybridized carbons (Fsp3) is 0.200. The van der Waals surface area contributed by atoms with E-state index in [1.165, 1.54) is 6.33 Å². The quantitative estimate of drug-likeness (QED) is 0.829. The summed E-state index contributed by atoms with van der Waals surface area (Å²) in [6.45, 7) is 0.191. The van der Waals surface area contributed by atoms with E-state index in [9.17, 15) is 4.79 Å². The third kappa shape index (κ3) is 3.01. The minimum atomic E-state index is -0.547. The van der Waals surface area contributed by atoms with Crippen molar-refractivity contribution in [3.05, 3.63) is 41.2 Å². The number of nitrogens with one attached hydrogen (secondary N) is 1. The highest BCUT2D eigenvalue weighted by Gasteiger charge is 2.10. The number of carbonyl (C=O) groups excluding carboxylic acids is 1. The summed E-state index contributed by atoms with van der Waals surface area (Å²) >= 11 is 5.91. The van der Waals surface area contributed by atoms with Gasteiger partial charge in [0.15, 0.2) is 0 Å². The summed E-state index contributed by atoms with van der Waals surface area (Å²) in [5, 5.41) is 6.53. The Kier molecular flexibility index (Phi) is 3.66. The molecule has 2 rings (SSSR count). The highest BCUT2D eigenvalue weighted by molar-refractivity contribution is 6.31. The van der Waals surface area contributed by atoms with Gasteiger partial charge in [0, 0.05) is 12.6 Å². The second kappa shape index (κ2) is 5.40. The molecule has 2 aromatic rings. The maximum absolute atomic E-state index is 11.4. The number of ether oxygens (including phenoxy) is 1. The summed E-state index contributed by atoms with van der Waals surface area (Å²) in [5.74, 6) is -0.466. The number of esters is 1. The predicted octanol–water partition coefficient (Wildman–Crippen LogP) is 1.25. The van der Waals surface area contributed by atoms with Crippen LogP contribution in [0.15, 0.2) is 24.7 Å². The Hall–Kier alpha value is -1.95. The molecule has 0 aliphatic rings. The van der Waals surface area contributed by atoms with Crippen molar-refractivity contribution in [1.82, 2.24) is 20.2 Å². The molecule has 6 nitrogen and oxygen atoms in total. The van der Waals surface area contributed by atoms with Gasteiger partial charge in [-0.05, 0) is 12.1 Å². The number of pyridine rings is 1. The summed E-state index contributed by atoms with van der Waals surface area (Å²) in [4.78, 5) is 19.1. The Balaban J connectivity index is 1.84. The van der Waals surface area contributed by atoms with Crippen LogP contribution in [0.25, 0.3) is 0 Å². The van der Waals surface area contributed by atoms with Crippen LogP contribution >= 0.6 is 11.6 Å². The first kappa shape index (κ1) is 11.5. The first-order valence-electron chi connectivity index (χ1n) is 4.89. The highest BCUT2D eigenvalue weighted by atomic mass is 35.5. The third-order valence-electron chi connectivity index (χ3n) is 2.02. The zero-order valence-corrected chi connectivity index (χ0v) is 9.52. The highest BCUT2D eigenvalue weighted by Crippen LogP contribution is 2.12. The smallest absolute Gasteiger partial charge is 0.375 e. The molecule has 0 atom stereocenters. The molecule has 0 aliphatic carbocycles. The van der Waals surface area contributed by atoms with Gasteiger partial charge in [0.2, 0.25) is 5.82 Å². The van der Waals surface area contributed by atoms with E-state index in [1.54, 1.807) is 18.3 Å². The number of rotatable bonds is 4. The fourth-order valence-corrected chi connectivity index (χ4v) is 1.43. The van der Waals surface area contributed by atoms with Crippen molar-refractivity contribution >= 4 is 17.6 Å². The summed E-state index contributed by atoms with van der Waals surface area (Å²) in [5.41, 5.74) is 0.694. The average Bonchev–Trinajstić information content (AvgIpc) is 2.85. The third-order valence-corrected chi connectivity index (χ3v) is 2.36. The van der Waals surface area contributed by atoms with Crippen LogP contribution in [0.5, 0.6) is 0 Å². The minimum absolute atomic E-state index is 0.0807. The molecule has 0 fully saturated rings. The van der Waals surface area contributed by atoms with E-state index < -0.39 is 5.97 Å². The maximum atomic E-state index is 11.4. The zero-order chi connectivity index (χ0) is 12.1. The molecular weight excluding hydrogens is 244 g/mol. The largest absolute Gasteiger partial charge is 0.459 e. The number of hydrogen-bond acceptors (Lipinski definition) is 5. The van der Waals surface area contributed by atoms with Crippen molar-refractivity contribution in [3.8, 4) is 0 Å². The topological polar surface area (TPSA) is 80.8 Å². The van der Waals surface area contributed by atoms with Crippen LogP contribution < -0.4 is 0 Å². The lowest BCUT2D eigenvalue weighted by atomic mass is 10.3. The second-order valence-corrected chi connectivity index (χ2v) is 3.56. The molecule has 0 amide bonds. The van der Waals surface area contributed by atoms with Crippen LogP contribution in [0, 0.1) is 0 Å². The van der Waals surface area contributed by atoms with E-state index in [4.69, 9.17) is 16.3 Å². The number of aromatic nitrogens is 4. The summed E-state index contributed by atoms with van der Waals surface area (Å²) in [6, 6.07) is 3.48. The van der Waals surface area contributed by atoms with Crippen molar-refractivity contribution in [2.75, 3.05) is 6.61 Å². The molecule has 7 heteroatoms. The molecule has 0 aromatic carbocycles. The van der Waals surface area contributed by atoms with Crippen molar-refractivity contribution < 1.29 is 9.53 Å². The Morgan fingerprint density at radius 2 is 2.35 bits per heavy atom. The van der Waals surface area contributed by atoms with Gasteiger partial charge in [0.05, 0.1) is 17.3 Å². The van der Waals surface area contributed by atoms with Gasteiger partial charge in [-0.15, -0.1) is 0 Å². The Morgan fingerprint density at radius 1 is 1.47 bits per heavy atom. The molecular formula is C10H9ClN4O2. The van der Waals surface area contributed by atoms with Crippen molar-refractivity contribution in [2.24, 2.45) is 0 Å². The molecule has 17 heavy (non-hydrogen) atoms. The number of carbonyl (C=O) groups is 1. The molecule has 0 aliphatic heterocycles. The first-order chi connectivity index (χ1) is 8.27. The number of aromatic amines is 1. The van der Waals surface area contributed by atoms with Crippen LogP contribution in [-0.2, 0) is 11.2 Å². The molecule has 0 bridgehead atoms. The van der Waals surface area contributed by atoms with E-state index in [1.807, 2.05) is 0 Å². The van der Waals surface area contributed by atoms with E-state index in [0.717, 1.165) is 0 Å². The predicted molar refractivity (Wildman–Crippen MR) is 59.6 cm³/mol. The maximum Gasteiger partial charge on any atom is 0.375 e. The number of H-pyrrole nitrogens is 1. The van der Waals surface area contributed by atoms with E-state index >= 15 is 0 Å². The van der Waals surface area contributed by atoms with Crippen LogP contribution in [0.4, 0.5) is 0 Å². The van der Waals surface area contributed by atoms with Gasteiger partial charge in [-0.25, -0.2) is 9.78 Å². The number of hydrogen-bond donors (Lipinski definition) is 1. The van der Waals surface area contributed by atoms with Gasteiger partial charge in [0.25, 0.3) is 0 Å². The van der Waals surface area contributed by atoms with E-state index in [0.29, 0.717) is 17.1 Å². The lowest BCUT2D eigenvalue weighted by Crippen LogP contribution is -2.10. The Morgan fingerprint density at radius 3 is 3.06 bits per heavy atom. The molecule has 2 heterocycles.